The number of benzene rings is 1. The van der Waals surface area contributed by atoms with Crippen LogP contribution in [0.4, 0.5) is 5.69 Å². The molecule has 1 rings (SSSR count). The van der Waals surface area contributed by atoms with E-state index in [2.05, 4.69) is 50.1 Å². The number of hydrogen-bond donors (Lipinski definition) is 1. The largest absolute Gasteiger partial charge is 0.374 e. The van der Waals surface area contributed by atoms with Gasteiger partial charge in [0.15, 0.2) is 0 Å². The normalized spacial score (nSPS) is 10.8. The Hall–Kier alpha value is -1.02. The van der Waals surface area contributed by atoms with Crippen LogP contribution < -0.4 is 10.6 Å². The minimum absolute atomic E-state index is 0.618. The molecule has 0 fully saturated rings. The molecule has 0 aliphatic carbocycles. The molecule has 0 amide bonds. The van der Waals surface area contributed by atoms with Gasteiger partial charge in [-0.15, -0.1) is 0 Å². The zero-order chi connectivity index (χ0) is 12.0. The molecule has 0 saturated heterocycles. The number of nitrogens with zero attached hydrogens (tertiary/aromatic N) is 1. The molecule has 2 nitrogen and oxygen atoms in total. The smallest absolute Gasteiger partial charge is 0.0366 e. The maximum Gasteiger partial charge on any atom is 0.0366 e. The van der Waals surface area contributed by atoms with Crippen molar-refractivity contribution >= 4 is 5.69 Å². The highest BCUT2D eigenvalue weighted by atomic mass is 15.1. The van der Waals surface area contributed by atoms with Gasteiger partial charge in [0.05, 0.1) is 0 Å². The van der Waals surface area contributed by atoms with Crippen LogP contribution in [0.25, 0.3) is 0 Å². The van der Waals surface area contributed by atoms with Crippen molar-refractivity contribution in [3.05, 3.63) is 29.8 Å². The number of hydrogen-bond acceptors (Lipinski definition) is 2. The zero-order valence-corrected chi connectivity index (χ0v) is 10.7. The van der Waals surface area contributed by atoms with Gasteiger partial charge in [-0.1, -0.05) is 38.8 Å². The van der Waals surface area contributed by atoms with E-state index in [9.17, 15) is 0 Å². The number of nitrogens with two attached hydrogens (primary N) is 1. The third-order valence-electron chi connectivity index (χ3n) is 3.27. The highest BCUT2D eigenvalue weighted by Crippen LogP contribution is 2.18. The third kappa shape index (κ3) is 3.53. The average molecular weight is 220 g/mol. The van der Waals surface area contributed by atoms with Gasteiger partial charge in [-0.25, -0.2) is 0 Å². The van der Waals surface area contributed by atoms with Gasteiger partial charge in [0.25, 0.3) is 0 Å². The molecule has 0 radical (unpaired) electrons. The molecule has 2 heteroatoms. The lowest BCUT2D eigenvalue weighted by Gasteiger charge is -2.24. The third-order valence-corrected chi connectivity index (χ3v) is 3.27. The standard InChI is InChI=1S/C14H24N2/c1-4-12(5-2)11-16(3)14-8-6-7-13(9-14)10-15/h6-9,12H,4-5,10-11,15H2,1-3H3. The lowest BCUT2D eigenvalue weighted by molar-refractivity contribution is 0.494. The predicted molar refractivity (Wildman–Crippen MR) is 71.7 cm³/mol. The second-order valence-corrected chi connectivity index (χ2v) is 4.44. The van der Waals surface area contributed by atoms with Gasteiger partial charge in [0.2, 0.25) is 0 Å². The van der Waals surface area contributed by atoms with Gasteiger partial charge < -0.3 is 10.6 Å². The maximum absolute atomic E-state index is 5.65. The quantitative estimate of drug-likeness (QED) is 0.798. The summed E-state index contributed by atoms with van der Waals surface area (Å²) in [6.07, 6.45) is 2.49. The Morgan fingerprint density at radius 3 is 2.50 bits per heavy atom. The summed E-state index contributed by atoms with van der Waals surface area (Å²) in [7, 11) is 2.16. The Balaban J connectivity index is 2.67. The molecule has 0 heterocycles. The first kappa shape index (κ1) is 13.0. The molecule has 0 unspecified atom stereocenters. The van der Waals surface area contributed by atoms with Gasteiger partial charge in [-0.3, -0.25) is 0 Å². The van der Waals surface area contributed by atoms with E-state index in [4.69, 9.17) is 5.73 Å². The van der Waals surface area contributed by atoms with E-state index in [0.717, 1.165) is 12.5 Å². The minimum atomic E-state index is 0.618. The van der Waals surface area contributed by atoms with E-state index in [1.165, 1.54) is 24.1 Å². The molecule has 0 atom stereocenters. The predicted octanol–water partition coefficient (Wildman–Crippen LogP) is 3.02. The van der Waals surface area contributed by atoms with Crippen LogP contribution in [-0.2, 0) is 6.54 Å². The highest BCUT2D eigenvalue weighted by Gasteiger charge is 2.08. The van der Waals surface area contributed by atoms with E-state index >= 15 is 0 Å². The molecule has 0 bridgehead atoms. The van der Waals surface area contributed by atoms with Crippen LogP contribution in [0, 0.1) is 5.92 Å². The number of rotatable bonds is 6. The topological polar surface area (TPSA) is 29.3 Å². The Morgan fingerprint density at radius 1 is 1.25 bits per heavy atom. The van der Waals surface area contributed by atoms with Crippen molar-refractivity contribution in [1.82, 2.24) is 0 Å². The van der Waals surface area contributed by atoms with E-state index in [-0.39, 0.29) is 0 Å². The Bertz CT molecular complexity index is 305. The fourth-order valence-corrected chi connectivity index (χ4v) is 1.96. The van der Waals surface area contributed by atoms with Crippen molar-refractivity contribution < 1.29 is 0 Å². The second-order valence-electron chi connectivity index (χ2n) is 4.44. The van der Waals surface area contributed by atoms with E-state index < -0.39 is 0 Å². The van der Waals surface area contributed by atoms with Crippen LogP contribution in [0.1, 0.15) is 32.3 Å². The summed E-state index contributed by atoms with van der Waals surface area (Å²) >= 11 is 0. The van der Waals surface area contributed by atoms with Gasteiger partial charge in [-0.2, -0.15) is 0 Å². The molecule has 0 spiro atoms. The minimum Gasteiger partial charge on any atom is -0.374 e. The zero-order valence-electron chi connectivity index (χ0n) is 10.7. The molecular weight excluding hydrogens is 196 g/mol. The van der Waals surface area contributed by atoms with Crippen LogP contribution in [0.2, 0.25) is 0 Å². The molecule has 1 aromatic rings. The van der Waals surface area contributed by atoms with Crippen molar-refractivity contribution in [2.24, 2.45) is 11.7 Å². The van der Waals surface area contributed by atoms with Gasteiger partial charge in [0, 0.05) is 25.8 Å². The lowest BCUT2D eigenvalue weighted by Crippen LogP contribution is -2.24. The fraction of sp³-hybridized carbons (Fsp3) is 0.571. The van der Waals surface area contributed by atoms with Crippen molar-refractivity contribution in [2.45, 2.75) is 33.2 Å². The van der Waals surface area contributed by atoms with E-state index in [1.54, 1.807) is 0 Å². The SMILES string of the molecule is CCC(CC)CN(C)c1cccc(CN)c1. The van der Waals surface area contributed by atoms with Crippen molar-refractivity contribution in [3.63, 3.8) is 0 Å². The molecule has 0 aromatic heterocycles. The monoisotopic (exact) mass is 220 g/mol. The average Bonchev–Trinajstić information content (AvgIpc) is 2.35. The molecular formula is C14H24N2. The summed E-state index contributed by atoms with van der Waals surface area (Å²) in [5.41, 5.74) is 8.13. The van der Waals surface area contributed by atoms with Gasteiger partial charge >= 0.3 is 0 Å². The van der Waals surface area contributed by atoms with E-state index in [0.29, 0.717) is 6.54 Å². The first-order chi connectivity index (χ1) is 7.71. The Labute approximate surface area is 99.5 Å². The number of anilines is 1. The van der Waals surface area contributed by atoms with Gasteiger partial charge in [-0.05, 0) is 23.6 Å². The van der Waals surface area contributed by atoms with Crippen LogP contribution in [0.5, 0.6) is 0 Å². The molecule has 16 heavy (non-hydrogen) atoms. The fourth-order valence-electron chi connectivity index (χ4n) is 1.96. The summed E-state index contributed by atoms with van der Waals surface area (Å²) in [5, 5.41) is 0. The summed E-state index contributed by atoms with van der Waals surface area (Å²) < 4.78 is 0. The molecule has 0 aliphatic heterocycles. The lowest BCUT2D eigenvalue weighted by atomic mass is 10.0. The van der Waals surface area contributed by atoms with Crippen LogP contribution in [0.3, 0.4) is 0 Å². The first-order valence-electron chi connectivity index (χ1n) is 6.21. The van der Waals surface area contributed by atoms with Crippen molar-refractivity contribution in [2.75, 3.05) is 18.5 Å². The Morgan fingerprint density at radius 2 is 1.94 bits per heavy atom. The summed E-state index contributed by atoms with van der Waals surface area (Å²) in [4.78, 5) is 2.33. The van der Waals surface area contributed by atoms with Crippen LogP contribution in [0.15, 0.2) is 24.3 Å². The van der Waals surface area contributed by atoms with E-state index in [1.807, 2.05) is 0 Å². The van der Waals surface area contributed by atoms with Crippen LogP contribution >= 0.6 is 0 Å². The first-order valence-corrected chi connectivity index (χ1v) is 6.21. The summed E-state index contributed by atoms with van der Waals surface area (Å²) in [6, 6.07) is 8.50. The molecule has 2 N–H and O–H groups in total. The Kier molecular flexibility index (Phi) is 5.33. The maximum atomic E-state index is 5.65. The molecule has 0 saturated carbocycles. The summed E-state index contributed by atoms with van der Waals surface area (Å²) in [5.74, 6) is 0.784. The highest BCUT2D eigenvalue weighted by molar-refractivity contribution is 5.47. The molecule has 0 aliphatic rings. The molecule has 1 aromatic carbocycles. The summed E-state index contributed by atoms with van der Waals surface area (Å²) in [6.45, 7) is 6.27. The van der Waals surface area contributed by atoms with Gasteiger partial charge in [0.1, 0.15) is 0 Å². The molecule has 90 valence electrons. The van der Waals surface area contributed by atoms with Crippen molar-refractivity contribution in [1.29, 1.82) is 0 Å². The van der Waals surface area contributed by atoms with Crippen molar-refractivity contribution in [3.8, 4) is 0 Å². The second kappa shape index (κ2) is 6.54. The van der Waals surface area contributed by atoms with Crippen LogP contribution in [-0.4, -0.2) is 13.6 Å².